The molecule has 1 saturated carbocycles. The van der Waals surface area contributed by atoms with Crippen LogP contribution in [0.2, 0.25) is 0 Å². The van der Waals surface area contributed by atoms with E-state index in [4.69, 9.17) is 10.5 Å². The van der Waals surface area contributed by atoms with Crippen molar-refractivity contribution < 1.29 is 9.13 Å². The average Bonchev–Trinajstić information content (AvgIpc) is 2.25. The van der Waals surface area contributed by atoms with Crippen molar-refractivity contribution in [3.63, 3.8) is 0 Å². The normalized spacial score (nSPS) is 24.6. The van der Waals surface area contributed by atoms with E-state index in [0.29, 0.717) is 5.75 Å². The maximum Gasteiger partial charge on any atom is 0.123 e. The molecule has 0 aromatic heterocycles. The van der Waals surface area contributed by atoms with Crippen molar-refractivity contribution in [3.05, 3.63) is 30.1 Å². The van der Waals surface area contributed by atoms with Crippen LogP contribution in [0.4, 0.5) is 4.39 Å². The third-order valence-corrected chi connectivity index (χ3v) is 2.85. The Morgan fingerprint density at radius 3 is 2.38 bits per heavy atom. The summed E-state index contributed by atoms with van der Waals surface area (Å²) < 4.78 is 18.4. The van der Waals surface area contributed by atoms with E-state index in [0.717, 1.165) is 12.8 Å². The number of hydrogen-bond acceptors (Lipinski definition) is 2. The first kappa shape index (κ1) is 13.3. The SMILES string of the molecule is Cl.N[C@@H]1CCCC[C@@H]1Oc1ccc(F)cc1. The molecular weight excluding hydrogens is 229 g/mol. The van der Waals surface area contributed by atoms with Gasteiger partial charge in [0.1, 0.15) is 17.7 Å². The van der Waals surface area contributed by atoms with Gasteiger partial charge in [-0.05, 0) is 43.5 Å². The number of rotatable bonds is 2. The lowest BCUT2D eigenvalue weighted by molar-refractivity contribution is 0.132. The van der Waals surface area contributed by atoms with Crippen molar-refractivity contribution in [1.82, 2.24) is 0 Å². The highest BCUT2D eigenvalue weighted by molar-refractivity contribution is 5.85. The van der Waals surface area contributed by atoms with Gasteiger partial charge in [0.2, 0.25) is 0 Å². The van der Waals surface area contributed by atoms with Gasteiger partial charge in [0, 0.05) is 6.04 Å². The van der Waals surface area contributed by atoms with Gasteiger partial charge in [-0.2, -0.15) is 0 Å². The van der Waals surface area contributed by atoms with Crippen LogP contribution in [0.25, 0.3) is 0 Å². The molecular formula is C12H17ClFNO. The summed E-state index contributed by atoms with van der Waals surface area (Å²) in [5.74, 6) is 0.467. The van der Waals surface area contributed by atoms with E-state index >= 15 is 0 Å². The van der Waals surface area contributed by atoms with Gasteiger partial charge < -0.3 is 10.5 Å². The molecule has 0 bridgehead atoms. The van der Waals surface area contributed by atoms with Gasteiger partial charge in [-0.1, -0.05) is 6.42 Å². The molecule has 2 nitrogen and oxygen atoms in total. The molecule has 0 saturated heterocycles. The second-order valence-electron chi connectivity index (χ2n) is 4.06. The molecule has 1 aliphatic rings. The molecule has 2 rings (SSSR count). The van der Waals surface area contributed by atoms with Gasteiger partial charge in [-0.25, -0.2) is 4.39 Å². The topological polar surface area (TPSA) is 35.2 Å². The second kappa shape index (κ2) is 6.06. The van der Waals surface area contributed by atoms with Crippen LogP contribution in [-0.2, 0) is 0 Å². The minimum atomic E-state index is -0.240. The lowest BCUT2D eigenvalue weighted by atomic mass is 9.93. The molecule has 0 aliphatic heterocycles. The Hall–Kier alpha value is -0.800. The Bertz CT molecular complexity index is 317. The number of hydrogen-bond donors (Lipinski definition) is 1. The van der Waals surface area contributed by atoms with Crippen LogP contribution < -0.4 is 10.5 Å². The van der Waals surface area contributed by atoms with E-state index in [1.165, 1.54) is 25.0 Å². The van der Waals surface area contributed by atoms with Crippen molar-refractivity contribution >= 4 is 12.4 Å². The zero-order valence-corrected chi connectivity index (χ0v) is 9.88. The highest BCUT2D eigenvalue weighted by atomic mass is 35.5. The highest BCUT2D eigenvalue weighted by Gasteiger charge is 2.23. The number of nitrogens with two attached hydrogens (primary N) is 1. The monoisotopic (exact) mass is 245 g/mol. The van der Waals surface area contributed by atoms with Gasteiger partial charge in [-0.15, -0.1) is 12.4 Å². The number of benzene rings is 1. The van der Waals surface area contributed by atoms with Crippen LogP contribution in [0.1, 0.15) is 25.7 Å². The summed E-state index contributed by atoms with van der Waals surface area (Å²) in [6.07, 6.45) is 4.46. The Morgan fingerprint density at radius 2 is 1.75 bits per heavy atom. The average molecular weight is 246 g/mol. The maximum absolute atomic E-state index is 12.7. The minimum absolute atomic E-state index is 0. The Morgan fingerprint density at radius 1 is 1.12 bits per heavy atom. The summed E-state index contributed by atoms with van der Waals surface area (Å²) in [5.41, 5.74) is 5.96. The second-order valence-corrected chi connectivity index (χ2v) is 4.06. The van der Waals surface area contributed by atoms with Crippen molar-refractivity contribution in [2.24, 2.45) is 5.73 Å². The molecule has 0 spiro atoms. The molecule has 1 aromatic carbocycles. The van der Waals surface area contributed by atoms with E-state index in [1.54, 1.807) is 12.1 Å². The summed E-state index contributed by atoms with van der Waals surface area (Å²) in [7, 11) is 0. The minimum Gasteiger partial charge on any atom is -0.489 e. The first-order chi connectivity index (χ1) is 7.25. The van der Waals surface area contributed by atoms with Gasteiger partial charge >= 0.3 is 0 Å². The van der Waals surface area contributed by atoms with E-state index in [1.807, 2.05) is 0 Å². The Kier molecular flexibility index (Phi) is 5.03. The summed E-state index contributed by atoms with van der Waals surface area (Å²) >= 11 is 0. The van der Waals surface area contributed by atoms with Gasteiger partial charge in [0.15, 0.2) is 0 Å². The molecule has 16 heavy (non-hydrogen) atoms. The lowest BCUT2D eigenvalue weighted by Crippen LogP contribution is -2.41. The third kappa shape index (κ3) is 3.35. The van der Waals surface area contributed by atoms with E-state index in [2.05, 4.69) is 0 Å². The fourth-order valence-electron chi connectivity index (χ4n) is 1.96. The standard InChI is InChI=1S/C12H16FNO.ClH/c13-9-5-7-10(8-6-9)15-12-4-2-1-3-11(12)14;/h5-8,11-12H,1-4,14H2;1H/t11-,12+;/m1./s1. The Balaban J connectivity index is 0.00000128. The summed E-state index contributed by atoms with van der Waals surface area (Å²) in [5, 5.41) is 0. The molecule has 4 heteroatoms. The molecule has 90 valence electrons. The van der Waals surface area contributed by atoms with Crippen LogP contribution in [0.3, 0.4) is 0 Å². The first-order valence-electron chi connectivity index (χ1n) is 5.43. The molecule has 1 aromatic rings. The first-order valence-corrected chi connectivity index (χ1v) is 5.43. The molecule has 2 atom stereocenters. The molecule has 0 amide bonds. The molecule has 0 heterocycles. The molecule has 2 N–H and O–H groups in total. The van der Waals surface area contributed by atoms with Crippen molar-refractivity contribution in [2.45, 2.75) is 37.8 Å². The van der Waals surface area contributed by atoms with Gasteiger partial charge in [0.05, 0.1) is 0 Å². The summed E-state index contributed by atoms with van der Waals surface area (Å²) in [6.45, 7) is 0. The zero-order chi connectivity index (χ0) is 10.7. The predicted octanol–water partition coefficient (Wildman–Crippen LogP) is 2.90. The summed E-state index contributed by atoms with van der Waals surface area (Å²) in [6, 6.07) is 6.23. The van der Waals surface area contributed by atoms with E-state index in [-0.39, 0.29) is 30.4 Å². The van der Waals surface area contributed by atoms with Crippen molar-refractivity contribution in [2.75, 3.05) is 0 Å². The largest absolute Gasteiger partial charge is 0.489 e. The van der Waals surface area contributed by atoms with Crippen molar-refractivity contribution in [3.8, 4) is 5.75 Å². The zero-order valence-electron chi connectivity index (χ0n) is 9.06. The quantitative estimate of drug-likeness (QED) is 0.870. The number of ether oxygens (including phenoxy) is 1. The van der Waals surface area contributed by atoms with Gasteiger partial charge in [-0.3, -0.25) is 0 Å². The fraction of sp³-hybridized carbons (Fsp3) is 0.500. The molecule has 0 radical (unpaired) electrons. The summed E-state index contributed by atoms with van der Waals surface area (Å²) in [4.78, 5) is 0. The Labute approximate surface area is 101 Å². The highest BCUT2D eigenvalue weighted by Crippen LogP contribution is 2.22. The van der Waals surface area contributed by atoms with Crippen LogP contribution in [0.5, 0.6) is 5.75 Å². The van der Waals surface area contributed by atoms with Crippen LogP contribution in [0.15, 0.2) is 24.3 Å². The fourth-order valence-corrected chi connectivity index (χ4v) is 1.96. The maximum atomic E-state index is 12.7. The third-order valence-electron chi connectivity index (χ3n) is 2.85. The van der Waals surface area contributed by atoms with E-state index in [9.17, 15) is 4.39 Å². The lowest BCUT2D eigenvalue weighted by Gasteiger charge is -2.29. The van der Waals surface area contributed by atoms with Crippen LogP contribution >= 0.6 is 12.4 Å². The van der Waals surface area contributed by atoms with Crippen LogP contribution in [0, 0.1) is 5.82 Å². The number of halogens is 2. The van der Waals surface area contributed by atoms with Gasteiger partial charge in [0.25, 0.3) is 0 Å². The van der Waals surface area contributed by atoms with E-state index < -0.39 is 0 Å². The predicted molar refractivity (Wildman–Crippen MR) is 64.5 cm³/mol. The molecule has 1 aliphatic carbocycles. The molecule has 1 fully saturated rings. The molecule has 0 unspecified atom stereocenters. The van der Waals surface area contributed by atoms with Crippen LogP contribution in [-0.4, -0.2) is 12.1 Å². The van der Waals surface area contributed by atoms with Crippen molar-refractivity contribution in [1.29, 1.82) is 0 Å². The smallest absolute Gasteiger partial charge is 0.123 e.